The summed E-state index contributed by atoms with van der Waals surface area (Å²) in [6.07, 6.45) is -6.89. The molecule has 1 heterocycles. The predicted octanol–water partition coefficient (Wildman–Crippen LogP) is 5.66. The van der Waals surface area contributed by atoms with Crippen LogP contribution in [0.3, 0.4) is 0 Å². The second-order valence-corrected chi connectivity index (χ2v) is 7.25. The SMILES string of the molecule is CNC(=O)c1cc(-c2cc(C(F)(F)F)ccc2C(F)(F)F)n(CCC2CC2)c1C. The van der Waals surface area contributed by atoms with E-state index in [4.69, 9.17) is 0 Å². The Hall–Kier alpha value is -2.45. The lowest BCUT2D eigenvalue weighted by molar-refractivity contribution is -0.141. The van der Waals surface area contributed by atoms with E-state index in [1.807, 2.05) is 0 Å². The van der Waals surface area contributed by atoms with E-state index in [0.29, 0.717) is 42.8 Å². The molecule has 1 aromatic carbocycles. The molecule has 2 aromatic rings. The van der Waals surface area contributed by atoms with E-state index in [0.717, 1.165) is 12.8 Å². The number of hydrogen-bond donors (Lipinski definition) is 1. The van der Waals surface area contributed by atoms with Crippen LogP contribution in [0.25, 0.3) is 11.3 Å². The Morgan fingerprint density at radius 2 is 1.76 bits per heavy atom. The van der Waals surface area contributed by atoms with Crippen LogP contribution in [0.2, 0.25) is 0 Å². The average Bonchev–Trinajstić information content (AvgIpc) is 3.40. The lowest BCUT2D eigenvalue weighted by Gasteiger charge is -2.18. The fraction of sp³-hybridized carbons (Fsp3) is 0.450. The Kier molecular flexibility index (Phi) is 5.44. The molecule has 0 bridgehead atoms. The van der Waals surface area contributed by atoms with Gasteiger partial charge in [0, 0.05) is 30.5 Å². The van der Waals surface area contributed by atoms with Crippen molar-refractivity contribution in [2.24, 2.45) is 5.92 Å². The number of amides is 1. The lowest BCUT2D eigenvalue weighted by Crippen LogP contribution is -2.18. The summed E-state index contributed by atoms with van der Waals surface area (Å²) in [5.74, 6) is -0.0499. The van der Waals surface area contributed by atoms with Crippen LogP contribution >= 0.6 is 0 Å². The maximum Gasteiger partial charge on any atom is 0.417 e. The average molecular weight is 418 g/mol. The van der Waals surface area contributed by atoms with Crippen molar-refractivity contribution in [1.82, 2.24) is 9.88 Å². The van der Waals surface area contributed by atoms with Crippen LogP contribution < -0.4 is 5.32 Å². The van der Waals surface area contributed by atoms with Crippen LogP contribution in [0, 0.1) is 12.8 Å². The molecule has 1 aliphatic carbocycles. The number of nitrogens with one attached hydrogen (secondary N) is 1. The highest BCUT2D eigenvalue weighted by atomic mass is 19.4. The summed E-state index contributed by atoms with van der Waals surface area (Å²) in [5, 5.41) is 2.42. The topological polar surface area (TPSA) is 34.0 Å². The van der Waals surface area contributed by atoms with E-state index in [-0.39, 0.29) is 11.3 Å². The third kappa shape index (κ3) is 4.43. The van der Waals surface area contributed by atoms with Gasteiger partial charge >= 0.3 is 12.4 Å². The van der Waals surface area contributed by atoms with Crippen molar-refractivity contribution in [3.63, 3.8) is 0 Å². The molecule has 3 nitrogen and oxygen atoms in total. The summed E-state index contributed by atoms with van der Waals surface area (Å²) >= 11 is 0. The standard InChI is InChI=1S/C20H20F6N2O/c1-11-14(18(29)27-2)10-17(28(11)8-7-12-3-4-12)15-9-13(19(21,22)23)5-6-16(15)20(24,25)26/h5-6,9-10,12H,3-4,7-8H2,1-2H3,(H,27,29). The van der Waals surface area contributed by atoms with Gasteiger partial charge in [0.2, 0.25) is 0 Å². The largest absolute Gasteiger partial charge is 0.417 e. The number of rotatable bonds is 5. The minimum Gasteiger partial charge on any atom is -0.355 e. The number of carbonyl (C=O) groups is 1. The lowest BCUT2D eigenvalue weighted by atomic mass is 10.00. The molecule has 29 heavy (non-hydrogen) atoms. The van der Waals surface area contributed by atoms with Crippen molar-refractivity contribution >= 4 is 5.91 Å². The summed E-state index contributed by atoms with van der Waals surface area (Å²) in [6.45, 7) is 1.91. The van der Waals surface area contributed by atoms with Crippen LogP contribution in [0.4, 0.5) is 26.3 Å². The van der Waals surface area contributed by atoms with Gasteiger partial charge in [-0.15, -0.1) is 0 Å². The van der Waals surface area contributed by atoms with Crippen molar-refractivity contribution in [2.75, 3.05) is 7.05 Å². The molecular weight excluding hydrogens is 398 g/mol. The summed E-state index contributed by atoms with van der Waals surface area (Å²) in [6, 6.07) is 2.63. The van der Waals surface area contributed by atoms with Crippen molar-refractivity contribution < 1.29 is 31.1 Å². The molecule has 1 amide bonds. The molecular formula is C20H20F6N2O. The molecule has 1 aromatic heterocycles. The Morgan fingerprint density at radius 3 is 2.28 bits per heavy atom. The van der Waals surface area contributed by atoms with Gasteiger partial charge in [0.25, 0.3) is 5.91 Å². The van der Waals surface area contributed by atoms with E-state index in [2.05, 4.69) is 5.32 Å². The molecule has 0 radical (unpaired) electrons. The third-order valence-corrected chi connectivity index (χ3v) is 5.22. The number of alkyl halides is 6. The molecule has 1 N–H and O–H groups in total. The van der Waals surface area contributed by atoms with Gasteiger partial charge in [-0.2, -0.15) is 26.3 Å². The molecule has 0 atom stereocenters. The minimum absolute atomic E-state index is 0.0415. The number of aromatic nitrogens is 1. The van der Waals surface area contributed by atoms with Crippen molar-refractivity contribution in [2.45, 2.75) is 45.1 Å². The highest BCUT2D eigenvalue weighted by Gasteiger charge is 2.38. The molecule has 1 saturated carbocycles. The quantitative estimate of drug-likeness (QED) is 0.625. The molecule has 1 fully saturated rings. The van der Waals surface area contributed by atoms with Crippen LogP contribution in [0.1, 0.15) is 46.4 Å². The van der Waals surface area contributed by atoms with Crippen molar-refractivity contribution in [1.29, 1.82) is 0 Å². The van der Waals surface area contributed by atoms with E-state index < -0.39 is 35.0 Å². The first-order valence-corrected chi connectivity index (χ1v) is 9.14. The molecule has 3 rings (SSSR count). The smallest absolute Gasteiger partial charge is 0.355 e. The predicted molar refractivity (Wildman–Crippen MR) is 95.3 cm³/mol. The van der Waals surface area contributed by atoms with Gasteiger partial charge < -0.3 is 9.88 Å². The molecule has 9 heteroatoms. The number of hydrogen-bond acceptors (Lipinski definition) is 1. The summed E-state index contributed by atoms with van der Waals surface area (Å²) in [7, 11) is 1.38. The Labute approximate surface area is 163 Å². The Morgan fingerprint density at radius 1 is 1.10 bits per heavy atom. The van der Waals surface area contributed by atoms with Crippen molar-refractivity contribution in [3.05, 3.63) is 46.6 Å². The molecule has 0 spiro atoms. The third-order valence-electron chi connectivity index (χ3n) is 5.22. The monoisotopic (exact) mass is 418 g/mol. The van der Waals surface area contributed by atoms with Gasteiger partial charge in [-0.1, -0.05) is 12.8 Å². The zero-order chi connectivity index (χ0) is 21.6. The first kappa shape index (κ1) is 21.3. The molecule has 0 saturated heterocycles. The molecule has 0 aliphatic heterocycles. The Bertz CT molecular complexity index is 922. The number of nitrogens with zero attached hydrogens (tertiary/aromatic N) is 1. The van der Waals surface area contributed by atoms with E-state index in [1.54, 1.807) is 6.92 Å². The van der Waals surface area contributed by atoms with Crippen LogP contribution in [-0.4, -0.2) is 17.5 Å². The van der Waals surface area contributed by atoms with Crippen LogP contribution in [-0.2, 0) is 18.9 Å². The summed E-state index contributed by atoms with van der Waals surface area (Å²) < 4.78 is 81.8. The van der Waals surface area contributed by atoms with Crippen LogP contribution in [0.15, 0.2) is 24.3 Å². The summed E-state index contributed by atoms with van der Waals surface area (Å²) in [5.41, 5.74) is -2.40. The van der Waals surface area contributed by atoms with Crippen molar-refractivity contribution in [3.8, 4) is 11.3 Å². The minimum atomic E-state index is -4.84. The van der Waals surface area contributed by atoms with Gasteiger partial charge in [-0.3, -0.25) is 4.79 Å². The van der Waals surface area contributed by atoms with E-state index >= 15 is 0 Å². The van der Waals surface area contributed by atoms with E-state index in [9.17, 15) is 31.1 Å². The fourth-order valence-corrected chi connectivity index (χ4v) is 3.42. The molecule has 158 valence electrons. The zero-order valence-corrected chi connectivity index (χ0v) is 15.8. The number of halogens is 6. The van der Waals surface area contributed by atoms with Gasteiger partial charge in [0.1, 0.15) is 0 Å². The van der Waals surface area contributed by atoms with E-state index in [1.165, 1.54) is 17.7 Å². The first-order chi connectivity index (χ1) is 13.4. The number of benzene rings is 1. The van der Waals surface area contributed by atoms with Gasteiger partial charge in [0.05, 0.1) is 16.7 Å². The van der Waals surface area contributed by atoms with Gasteiger partial charge in [-0.05, 0) is 43.5 Å². The second kappa shape index (κ2) is 7.42. The fourth-order valence-electron chi connectivity index (χ4n) is 3.42. The molecule has 0 unspecified atom stereocenters. The van der Waals surface area contributed by atoms with Gasteiger partial charge in [-0.25, -0.2) is 0 Å². The first-order valence-electron chi connectivity index (χ1n) is 9.14. The molecule has 1 aliphatic rings. The van der Waals surface area contributed by atoms with Gasteiger partial charge in [0.15, 0.2) is 0 Å². The highest BCUT2D eigenvalue weighted by Crippen LogP contribution is 2.42. The highest BCUT2D eigenvalue weighted by molar-refractivity contribution is 5.97. The normalized spacial score (nSPS) is 14.9. The maximum absolute atomic E-state index is 13.6. The van der Waals surface area contributed by atoms with Crippen LogP contribution in [0.5, 0.6) is 0 Å². The zero-order valence-electron chi connectivity index (χ0n) is 15.8. The summed E-state index contributed by atoms with van der Waals surface area (Å²) in [4.78, 5) is 12.2. The number of carbonyl (C=O) groups excluding carboxylic acids is 1. The Balaban J connectivity index is 2.22. The second-order valence-electron chi connectivity index (χ2n) is 7.25. The maximum atomic E-state index is 13.6.